The van der Waals surface area contributed by atoms with Crippen molar-refractivity contribution in [3.8, 4) is 0 Å². The summed E-state index contributed by atoms with van der Waals surface area (Å²) in [5, 5.41) is 7.49. The second kappa shape index (κ2) is 11.2. The van der Waals surface area contributed by atoms with Gasteiger partial charge >= 0.3 is 16.4 Å². The van der Waals surface area contributed by atoms with Crippen LogP contribution in [0.1, 0.15) is 37.3 Å². The average molecular weight is 564 g/mol. The van der Waals surface area contributed by atoms with Gasteiger partial charge in [-0.05, 0) is 55.9 Å². The summed E-state index contributed by atoms with van der Waals surface area (Å²) < 4.78 is 73.6. The highest BCUT2D eigenvalue weighted by Crippen LogP contribution is 2.32. The normalized spacial score (nSPS) is 20.1. The molecule has 0 aliphatic carbocycles. The molecule has 0 bridgehead atoms. The lowest BCUT2D eigenvalue weighted by molar-refractivity contribution is -0.137. The Balaban J connectivity index is 1.38. The van der Waals surface area contributed by atoms with Crippen molar-refractivity contribution in [3.05, 3.63) is 51.4 Å². The Morgan fingerprint density at radius 2 is 1.86 bits per heavy atom. The molecule has 37 heavy (non-hydrogen) atoms. The Labute approximate surface area is 218 Å². The molecule has 1 atom stereocenters. The molecule has 0 saturated carbocycles. The lowest BCUT2D eigenvalue weighted by atomic mass is 10.0. The summed E-state index contributed by atoms with van der Waals surface area (Å²) >= 11 is 6.33. The van der Waals surface area contributed by atoms with Gasteiger partial charge in [-0.25, -0.2) is 4.68 Å². The van der Waals surface area contributed by atoms with Crippen molar-refractivity contribution in [3.63, 3.8) is 0 Å². The number of hydrogen-bond acceptors (Lipinski definition) is 6. The summed E-state index contributed by atoms with van der Waals surface area (Å²) in [7, 11) is -2.69. The fraction of sp³-hybridized carbons (Fsp3) is 0.565. The maximum atomic E-state index is 13.1. The van der Waals surface area contributed by atoms with E-state index in [1.807, 2.05) is 0 Å². The fourth-order valence-corrected chi connectivity index (χ4v) is 6.14. The van der Waals surface area contributed by atoms with Gasteiger partial charge in [0.05, 0.1) is 35.8 Å². The van der Waals surface area contributed by atoms with Crippen LogP contribution < -0.4 is 15.2 Å². The zero-order valence-corrected chi connectivity index (χ0v) is 21.8. The highest BCUT2D eigenvalue weighted by molar-refractivity contribution is 7.90. The molecule has 1 aromatic heterocycles. The zero-order chi connectivity index (χ0) is 26.8. The van der Waals surface area contributed by atoms with Gasteiger partial charge in [0.1, 0.15) is 5.02 Å². The zero-order valence-electron chi connectivity index (χ0n) is 20.2. The first-order valence-corrected chi connectivity index (χ1v) is 13.8. The number of hydrogen-bond donors (Lipinski definition) is 1. The van der Waals surface area contributed by atoms with E-state index >= 15 is 0 Å². The van der Waals surface area contributed by atoms with Gasteiger partial charge in [0.2, 0.25) is 0 Å². The van der Waals surface area contributed by atoms with E-state index in [0.29, 0.717) is 37.6 Å². The van der Waals surface area contributed by atoms with Crippen LogP contribution in [0.4, 0.5) is 24.5 Å². The van der Waals surface area contributed by atoms with Gasteiger partial charge in [0.25, 0.3) is 5.56 Å². The summed E-state index contributed by atoms with van der Waals surface area (Å²) in [4.78, 5) is 12.9. The predicted octanol–water partition coefficient (Wildman–Crippen LogP) is 3.77. The Kier molecular flexibility index (Phi) is 8.36. The molecule has 0 amide bonds. The molecule has 3 heterocycles. The van der Waals surface area contributed by atoms with E-state index in [-0.39, 0.29) is 29.8 Å². The third kappa shape index (κ3) is 6.21. The first-order valence-electron chi connectivity index (χ1n) is 12.0. The number of alkyl halides is 3. The minimum absolute atomic E-state index is 0.0313. The Morgan fingerprint density at radius 3 is 2.46 bits per heavy atom. The molecule has 1 N–H and O–H groups in total. The molecular weight excluding hydrogens is 535 g/mol. The van der Waals surface area contributed by atoms with Crippen LogP contribution in [0.25, 0.3) is 0 Å². The van der Waals surface area contributed by atoms with Crippen molar-refractivity contribution in [1.29, 1.82) is 0 Å². The number of halogens is 4. The molecule has 1 aromatic carbocycles. The topological polar surface area (TPSA) is 96.8 Å². The molecule has 14 heteroatoms. The van der Waals surface area contributed by atoms with E-state index in [2.05, 4.69) is 10.4 Å². The molecular formula is C23H29ClF3N5O4S. The first-order chi connectivity index (χ1) is 17.5. The summed E-state index contributed by atoms with van der Waals surface area (Å²) in [5.74, 6) is 0.333. The third-order valence-corrected chi connectivity index (χ3v) is 9.07. The van der Waals surface area contributed by atoms with Gasteiger partial charge < -0.3 is 10.1 Å². The Hall–Kier alpha value is -2.35. The predicted molar refractivity (Wildman–Crippen MR) is 134 cm³/mol. The van der Waals surface area contributed by atoms with Crippen molar-refractivity contribution in [2.75, 3.05) is 49.5 Å². The minimum atomic E-state index is -4.51. The monoisotopic (exact) mass is 563 g/mol. The highest BCUT2D eigenvalue weighted by Gasteiger charge is 2.34. The van der Waals surface area contributed by atoms with E-state index in [1.165, 1.54) is 22.2 Å². The van der Waals surface area contributed by atoms with Gasteiger partial charge in [0, 0.05) is 33.3 Å². The van der Waals surface area contributed by atoms with Gasteiger partial charge in [-0.1, -0.05) is 11.6 Å². The highest BCUT2D eigenvalue weighted by atomic mass is 35.5. The van der Waals surface area contributed by atoms with Crippen LogP contribution >= 0.6 is 11.6 Å². The summed E-state index contributed by atoms with van der Waals surface area (Å²) in [6.07, 6.45) is -0.315. The van der Waals surface area contributed by atoms with Crippen molar-refractivity contribution < 1.29 is 26.3 Å². The second-order valence-corrected chi connectivity index (χ2v) is 11.6. The van der Waals surface area contributed by atoms with Gasteiger partial charge in [-0.15, -0.1) is 0 Å². The van der Waals surface area contributed by atoms with E-state index in [9.17, 15) is 26.4 Å². The molecule has 0 spiro atoms. The number of anilines is 2. The third-order valence-electron chi connectivity index (χ3n) is 6.78. The Bertz CT molecular complexity index is 1240. The van der Waals surface area contributed by atoms with Crippen LogP contribution in [0.3, 0.4) is 0 Å². The van der Waals surface area contributed by atoms with Gasteiger partial charge in [-0.3, -0.25) is 9.10 Å². The molecule has 9 nitrogen and oxygen atoms in total. The number of nitrogens with zero attached hydrogens (tertiary/aromatic N) is 4. The minimum Gasteiger partial charge on any atom is -0.382 e. The average Bonchev–Trinajstić information content (AvgIpc) is 2.89. The standard InChI is InChI=1S/C23H29ClF3N5O4S/c1-30(18-6-4-17(5-7-18)23(25,26)27)37(34,35)31-10-8-19(9-11-31)32-22(33)21(24)20(14-29-32)28-13-16-3-2-12-36-15-16/h4-7,14,16,19,28H,2-3,8-13,15H2,1H3/t16-/m1/s1. The number of piperidine rings is 1. The maximum absolute atomic E-state index is 13.1. The van der Waals surface area contributed by atoms with Crippen LogP contribution in [0.2, 0.25) is 5.02 Å². The lowest BCUT2D eigenvalue weighted by Gasteiger charge is -2.34. The number of ether oxygens (including phenoxy) is 1. The second-order valence-electron chi connectivity index (χ2n) is 9.24. The molecule has 2 aliphatic rings. The first kappa shape index (κ1) is 27.7. The summed E-state index contributed by atoms with van der Waals surface area (Å²) in [6.45, 7) is 2.27. The van der Waals surface area contributed by atoms with Crippen molar-refractivity contribution in [2.45, 2.75) is 37.9 Å². The largest absolute Gasteiger partial charge is 0.416 e. The number of aromatic nitrogens is 2. The van der Waals surface area contributed by atoms with Gasteiger partial charge in [-0.2, -0.15) is 31.0 Å². The maximum Gasteiger partial charge on any atom is 0.416 e. The van der Waals surface area contributed by atoms with E-state index in [0.717, 1.165) is 48.0 Å². The SMILES string of the molecule is CN(c1ccc(C(F)(F)F)cc1)S(=O)(=O)N1CCC(n2ncc(NC[C@H]3CCCOC3)c(Cl)c2=O)CC1. The molecule has 4 rings (SSSR count). The van der Waals surface area contributed by atoms with E-state index < -0.39 is 27.5 Å². The van der Waals surface area contributed by atoms with E-state index in [1.54, 1.807) is 0 Å². The van der Waals surface area contributed by atoms with Crippen molar-refractivity contribution in [2.24, 2.45) is 5.92 Å². The number of benzene rings is 1. The number of nitrogens with one attached hydrogen (secondary N) is 1. The van der Waals surface area contributed by atoms with Crippen LogP contribution in [0.5, 0.6) is 0 Å². The molecule has 2 aromatic rings. The van der Waals surface area contributed by atoms with Crippen LogP contribution in [0, 0.1) is 5.92 Å². The van der Waals surface area contributed by atoms with Crippen LogP contribution in [-0.2, 0) is 21.1 Å². The molecule has 0 unspecified atom stereocenters. The van der Waals surface area contributed by atoms with Gasteiger partial charge in [0.15, 0.2) is 0 Å². The van der Waals surface area contributed by atoms with Crippen LogP contribution in [0.15, 0.2) is 35.3 Å². The molecule has 2 aliphatic heterocycles. The number of rotatable bonds is 7. The molecule has 0 radical (unpaired) electrons. The molecule has 2 fully saturated rings. The Morgan fingerprint density at radius 1 is 1.19 bits per heavy atom. The lowest BCUT2D eigenvalue weighted by Crippen LogP contribution is -2.47. The van der Waals surface area contributed by atoms with Crippen molar-refractivity contribution in [1.82, 2.24) is 14.1 Å². The van der Waals surface area contributed by atoms with Crippen LogP contribution in [-0.4, -0.2) is 62.4 Å². The van der Waals surface area contributed by atoms with E-state index in [4.69, 9.17) is 16.3 Å². The smallest absolute Gasteiger partial charge is 0.382 e. The fourth-order valence-electron chi connectivity index (χ4n) is 4.54. The molecule has 2 saturated heterocycles. The molecule has 204 valence electrons. The van der Waals surface area contributed by atoms with Crippen molar-refractivity contribution >= 4 is 33.2 Å². The summed E-state index contributed by atoms with van der Waals surface area (Å²) in [5.41, 5.74) is -0.743. The summed E-state index contributed by atoms with van der Waals surface area (Å²) in [6, 6.07) is 3.59. The quantitative estimate of drug-likeness (QED) is 0.551.